The summed E-state index contributed by atoms with van der Waals surface area (Å²) in [5.41, 5.74) is 2.49. The van der Waals surface area contributed by atoms with Gasteiger partial charge >= 0.3 is 0 Å². The lowest BCUT2D eigenvalue weighted by Crippen LogP contribution is -2.47. The number of nitrogens with zero attached hydrogens (tertiary/aromatic N) is 2. The fourth-order valence-corrected chi connectivity index (χ4v) is 2.56. The van der Waals surface area contributed by atoms with E-state index in [9.17, 15) is 0 Å². The van der Waals surface area contributed by atoms with Crippen molar-refractivity contribution in [3.05, 3.63) is 23.4 Å². The minimum absolute atomic E-state index is 0.274. The molecule has 2 rings (SSSR count). The molecule has 2 unspecified atom stereocenters. The van der Waals surface area contributed by atoms with Gasteiger partial charge in [0.25, 0.3) is 0 Å². The maximum absolute atomic E-state index is 5.71. The molecule has 4 nitrogen and oxygen atoms in total. The van der Waals surface area contributed by atoms with Gasteiger partial charge in [-0.05, 0) is 44.5 Å². The highest BCUT2D eigenvalue weighted by Crippen LogP contribution is 2.22. The van der Waals surface area contributed by atoms with Crippen LogP contribution in [-0.4, -0.2) is 36.8 Å². The molecule has 0 aliphatic carbocycles. The molecule has 0 amide bonds. The van der Waals surface area contributed by atoms with Crippen LogP contribution in [0.15, 0.2) is 12.1 Å². The predicted molar refractivity (Wildman–Crippen MR) is 83.2 cm³/mol. The molecule has 0 aromatic carbocycles. The summed E-state index contributed by atoms with van der Waals surface area (Å²) >= 11 is 0. The van der Waals surface area contributed by atoms with Crippen molar-refractivity contribution in [1.82, 2.24) is 10.3 Å². The van der Waals surface area contributed by atoms with Gasteiger partial charge in [-0.1, -0.05) is 13.8 Å². The van der Waals surface area contributed by atoms with Crippen molar-refractivity contribution < 1.29 is 4.74 Å². The van der Waals surface area contributed by atoms with Crippen LogP contribution >= 0.6 is 0 Å². The molecule has 1 aliphatic rings. The molecule has 0 bridgehead atoms. The van der Waals surface area contributed by atoms with Gasteiger partial charge in [-0.15, -0.1) is 0 Å². The highest BCUT2D eigenvalue weighted by molar-refractivity contribution is 5.44. The van der Waals surface area contributed by atoms with Crippen molar-refractivity contribution in [2.24, 2.45) is 0 Å². The summed E-state index contributed by atoms with van der Waals surface area (Å²) < 4.78 is 5.71. The number of anilines is 1. The summed E-state index contributed by atoms with van der Waals surface area (Å²) in [4.78, 5) is 7.19. The van der Waals surface area contributed by atoms with E-state index in [1.54, 1.807) is 0 Å². The molecule has 1 aliphatic heterocycles. The van der Waals surface area contributed by atoms with Crippen LogP contribution < -0.4 is 10.2 Å². The Labute approximate surface area is 122 Å². The minimum Gasteiger partial charge on any atom is -0.375 e. The molecule has 0 radical (unpaired) electrons. The third-order valence-corrected chi connectivity index (χ3v) is 3.77. The lowest BCUT2D eigenvalue weighted by molar-refractivity contribution is 0.0340. The molecule has 112 valence electrons. The summed E-state index contributed by atoms with van der Waals surface area (Å²) in [6, 6.07) is 4.81. The number of nitrogens with one attached hydrogen (secondary N) is 1. The number of aromatic nitrogens is 1. The molecule has 1 aromatic rings. The summed E-state index contributed by atoms with van der Waals surface area (Å²) in [5, 5.41) is 3.40. The first kappa shape index (κ1) is 15.3. The topological polar surface area (TPSA) is 37.4 Å². The highest BCUT2D eigenvalue weighted by Gasteiger charge is 2.24. The van der Waals surface area contributed by atoms with E-state index in [1.807, 2.05) is 0 Å². The van der Waals surface area contributed by atoms with E-state index in [1.165, 1.54) is 11.3 Å². The Bertz CT molecular complexity index is 436. The van der Waals surface area contributed by atoms with Crippen molar-refractivity contribution in [3.8, 4) is 0 Å². The summed E-state index contributed by atoms with van der Waals surface area (Å²) in [6.45, 7) is 12.2. The average Bonchev–Trinajstić information content (AvgIpc) is 2.47. The van der Waals surface area contributed by atoms with Gasteiger partial charge in [0.1, 0.15) is 5.82 Å². The minimum atomic E-state index is 0.274. The van der Waals surface area contributed by atoms with Crippen molar-refractivity contribution in [2.45, 2.75) is 52.8 Å². The smallest absolute Gasteiger partial charge is 0.129 e. The third kappa shape index (κ3) is 3.70. The monoisotopic (exact) mass is 277 g/mol. The first-order chi connectivity index (χ1) is 9.63. The third-order valence-electron chi connectivity index (χ3n) is 3.77. The second kappa shape index (κ2) is 7.04. The van der Waals surface area contributed by atoms with E-state index in [2.05, 4.69) is 50.0 Å². The molecule has 1 fully saturated rings. The molecule has 4 heteroatoms. The molecule has 2 heterocycles. The fraction of sp³-hybridized carbons (Fsp3) is 0.688. The molecule has 0 spiro atoms. The summed E-state index contributed by atoms with van der Waals surface area (Å²) in [7, 11) is 0. The number of ether oxygens (including phenoxy) is 1. The second-order valence-electron chi connectivity index (χ2n) is 5.60. The molecule has 0 saturated carbocycles. The number of hydrogen-bond acceptors (Lipinski definition) is 4. The van der Waals surface area contributed by atoms with Gasteiger partial charge in [0.15, 0.2) is 0 Å². The molecular weight excluding hydrogens is 250 g/mol. The highest BCUT2D eigenvalue weighted by atomic mass is 16.5. The fourth-order valence-electron chi connectivity index (χ4n) is 2.56. The van der Waals surface area contributed by atoms with Crippen LogP contribution in [0, 0.1) is 0 Å². The van der Waals surface area contributed by atoms with Crippen LogP contribution in [0.3, 0.4) is 0 Å². The lowest BCUT2D eigenvalue weighted by atomic mass is 10.1. The number of rotatable bonds is 5. The molecular formula is C16H27N3O. The Balaban J connectivity index is 2.24. The van der Waals surface area contributed by atoms with E-state index in [0.29, 0.717) is 6.04 Å². The van der Waals surface area contributed by atoms with Crippen molar-refractivity contribution in [1.29, 1.82) is 0 Å². The van der Waals surface area contributed by atoms with Gasteiger partial charge < -0.3 is 15.0 Å². The molecule has 1 aromatic heterocycles. The van der Waals surface area contributed by atoms with Crippen molar-refractivity contribution in [3.63, 3.8) is 0 Å². The number of pyridine rings is 1. The van der Waals surface area contributed by atoms with E-state index >= 15 is 0 Å². The Morgan fingerprint density at radius 3 is 2.85 bits per heavy atom. The zero-order valence-electron chi connectivity index (χ0n) is 13.1. The molecule has 2 atom stereocenters. The van der Waals surface area contributed by atoms with E-state index in [0.717, 1.165) is 38.5 Å². The summed E-state index contributed by atoms with van der Waals surface area (Å²) in [6.07, 6.45) is 1.25. The Hall–Kier alpha value is -1.13. The predicted octanol–water partition coefficient (Wildman–Crippen LogP) is 2.37. The average molecular weight is 277 g/mol. The quantitative estimate of drug-likeness (QED) is 0.896. The normalized spacial score (nSPS) is 23.1. The maximum Gasteiger partial charge on any atom is 0.129 e. The Morgan fingerprint density at radius 1 is 1.35 bits per heavy atom. The molecule has 1 saturated heterocycles. The molecule has 20 heavy (non-hydrogen) atoms. The number of aryl methyl sites for hydroxylation is 1. The van der Waals surface area contributed by atoms with Gasteiger partial charge in [0, 0.05) is 18.8 Å². The van der Waals surface area contributed by atoms with E-state index < -0.39 is 0 Å². The lowest BCUT2D eigenvalue weighted by Gasteiger charge is -2.38. The van der Waals surface area contributed by atoms with Gasteiger partial charge in [-0.25, -0.2) is 4.98 Å². The van der Waals surface area contributed by atoms with Gasteiger partial charge in [0.2, 0.25) is 0 Å². The van der Waals surface area contributed by atoms with Gasteiger partial charge in [0.05, 0.1) is 18.8 Å². The summed E-state index contributed by atoms with van der Waals surface area (Å²) in [5.74, 6) is 1.10. The SMILES string of the molecule is CCNCc1cc(CC)nc(N2CC(C)OCC2C)c1. The van der Waals surface area contributed by atoms with Gasteiger partial charge in [-0.2, -0.15) is 0 Å². The Kier molecular flexibility index (Phi) is 5.38. The molecule has 1 N–H and O–H groups in total. The van der Waals surface area contributed by atoms with Crippen molar-refractivity contribution in [2.75, 3.05) is 24.6 Å². The standard InChI is InChI=1S/C16H27N3O/c1-5-15-7-14(9-17-6-2)8-16(18-15)19-10-13(4)20-11-12(19)3/h7-8,12-13,17H,5-6,9-11H2,1-4H3. The van der Waals surface area contributed by atoms with Crippen LogP contribution in [0.5, 0.6) is 0 Å². The number of hydrogen-bond donors (Lipinski definition) is 1. The van der Waals surface area contributed by atoms with E-state index in [4.69, 9.17) is 9.72 Å². The second-order valence-corrected chi connectivity index (χ2v) is 5.60. The first-order valence-corrected chi connectivity index (χ1v) is 7.72. The Morgan fingerprint density at radius 2 is 2.15 bits per heavy atom. The zero-order valence-corrected chi connectivity index (χ0v) is 13.1. The largest absolute Gasteiger partial charge is 0.375 e. The van der Waals surface area contributed by atoms with E-state index in [-0.39, 0.29) is 6.10 Å². The maximum atomic E-state index is 5.71. The zero-order chi connectivity index (χ0) is 14.5. The number of morpholine rings is 1. The van der Waals surface area contributed by atoms with Crippen LogP contribution in [0.1, 0.15) is 39.0 Å². The van der Waals surface area contributed by atoms with Crippen LogP contribution in [0.4, 0.5) is 5.82 Å². The van der Waals surface area contributed by atoms with Crippen LogP contribution in [0.25, 0.3) is 0 Å². The van der Waals surface area contributed by atoms with Gasteiger partial charge in [-0.3, -0.25) is 0 Å². The first-order valence-electron chi connectivity index (χ1n) is 7.72. The van der Waals surface area contributed by atoms with Crippen LogP contribution in [0.2, 0.25) is 0 Å². The van der Waals surface area contributed by atoms with Crippen LogP contribution in [-0.2, 0) is 17.7 Å². The van der Waals surface area contributed by atoms with Crippen molar-refractivity contribution >= 4 is 5.82 Å².